The lowest BCUT2D eigenvalue weighted by atomic mass is 10.2. The number of hydrogen-bond donors (Lipinski definition) is 0. The van der Waals surface area contributed by atoms with Crippen LogP contribution in [0.5, 0.6) is 5.75 Å². The minimum absolute atomic E-state index is 0.0257. The second kappa shape index (κ2) is 8.48. The molecule has 2 rings (SSSR count). The van der Waals surface area contributed by atoms with Crippen LogP contribution in [0.1, 0.15) is 28.1 Å². The highest BCUT2D eigenvalue weighted by Gasteiger charge is 2.13. The monoisotopic (exact) mass is 331 g/mol. The van der Waals surface area contributed by atoms with Gasteiger partial charge in [0.05, 0.1) is 11.4 Å². The minimum atomic E-state index is -0.0391. The van der Waals surface area contributed by atoms with Crippen LogP contribution in [0, 0.1) is 6.92 Å². The number of rotatable bonds is 8. The number of amides is 1. The second-order valence-corrected chi connectivity index (χ2v) is 6.33. The van der Waals surface area contributed by atoms with Crippen molar-refractivity contribution in [3.8, 4) is 5.75 Å². The molecule has 122 valence electrons. The summed E-state index contributed by atoms with van der Waals surface area (Å²) in [4.78, 5) is 26.2. The van der Waals surface area contributed by atoms with Gasteiger partial charge in [-0.3, -0.25) is 9.59 Å². The number of aryl methyl sites for hydroxylation is 1. The van der Waals surface area contributed by atoms with E-state index < -0.39 is 0 Å². The highest BCUT2D eigenvalue weighted by atomic mass is 32.1. The molecule has 0 aliphatic carbocycles. The second-order valence-electron chi connectivity index (χ2n) is 5.38. The first-order chi connectivity index (χ1) is 11.1. The van der Waals surface area contributed by atoms with Gasteiger partial charge in [0.1, 0.15) is 12.4 Å². The molecule has 1 aromatic carbocycles. The lowest BCUT2D eigenvalue weighted by Gasteiger charge is -2.17. The third-order valence-corrected chi connectivity index (χ3v) is 4.38. The fraction of sp³-hybridized carbons (Fsp3) is 0.333. The number of ketones is 1. The van der Waals surface area contributed by atoms with E-state index in [1.165, 1.54) is 11.3 Å². The van der Waals surface area contributed by atoms with E-state index in [-0.39, 0.29) is 24.5 Å². The summed E-state index contributed by atoms with van der Waals surface area (Å²) in [5.41, 5.74) is 1.14. The molecule has 1 amide bonds. The largest absolute Gasteiger partial charge is 0.492 e. The normalized spacial score (nSPS) is 10.3. The van der Waals surface area contributed by atoms with Crippen molar-refractivity contribution >= 4 is 23.0 Å². The summed E-state index contributed by atoms with van der Waals surface area (Å²) in [6.07, 6.45) is 0.486. The Morgan fingerprint density at radius 3 is 2.70 bits per heavy atom. The van der Waals surface area contributed by atoms with Gasteiger partial charge in [-0.15, -0.1) is 11.3 Å². The molecule has 0 saturated heterocycles. The molecule has 1 heterocycles. The molecule has 0 atom stereocenters. The summed E-state index contributed by atoms with van der Waals surface area (Å²) in [6.45, 7) is 2.94. The Kier molecular flexibility index (Phi) is 6.35. The SMILES string of the molecule is Cc1cccc(OCCN(C)C(=O)CCC(=O)c2cccs2)c1. The van der Waals surface area contributed by atoms with Gasteiger partial charge in [0, 0.05) is 19.9 Å². The molecule has 0 aliphatic heterocycles. The molecule has 0 radical (unpaired) electrons. The first-order valence-electron chi connectivity index (χ1n) is 7.56. The van der Waals surface area contributed by atoms with Crippen LogP contribution in [0.4, 0.5) is 0 Å². The van der Waals surface area contributed by atoms with E-state index in [0.717, 1.165) is 11.3 Å². The number of likely N-dealkylation sites (N-methyl/N-ethyl adjacent to an activating group) is 1. The summed E-state index contributed by atoms with van der Waals surface area (Å²) in [5, 5.41) is 1.86. The van der Waals surface area contributed by atoms with Crippen molar-refractivity contribution in [1.82, 2.24) is 4.90 Å². The van der Waals surface area contributed by atoms with Crippen molar-refractivity contribution in [3.63, 3.8) is 0 Å². The van der Waals surface area contributed by atoms with Gasteiger partial charge in [-0.25, -0.2) is 0 Å². The van der Waals surface area contributed by atoms with Gasteiger partial charge < -0.3 is 9.64 Å². The average molecular weight is 331 g/mol. The predicted molar refractivity (Wildman–Crippen MR) is 92.2 cm³/mol. The number of carbonyl (C=O) groups excluding carboxylic acids is 2. The van der Waals surface area contributed by atoms with Crippen LogP contribution in [-0.2, 0) is 4.79 Å². The molecule has 0 N–H and O–H groups in total. The molecule has 0 unspecified atom stereocenters. The van der Waals surface area contributed by atoms with Gasteiger partial charge in [-0.1, -0.05) is 18.2 Å². The van der Waals surface area contributed by atoms with Gasteiger partial charge in [-0.05, 0) is 36.1 Å². The summed E-state index contributed by atoms with van der Waals surface area (Å²) < 4.78 is 5.63. The maximum atomic E-state index is 12.0. The van der Waals surface area contributed by atoms with E-state index in [4.69, 9.17) is 4.74 Å². The van der Waals surface area contributed by atoms with Crippen LogP contribution < -0.4 is 4.74 Å². The Morgan fingerprint density at radius 1 is 1.17 bits per heavy atom. The number of nitrogens with zero attached hydrogens (tertiary/aromatic N) is 1. The lowest BCUT2D eigenvalue weighted by Crippen LogP contribution is -2.31. The van der Waals surface area contributed by atoms with Gasteiger partial charge in [-0.2, -0.15) is 0 Å². The molecule has 0 saturated carbocycles. The van der Waals surface area contributed by atoms with Crippen molar-refractivity contribution < 1.29 is 14.3 Å². The first-order valence-corrected chi connectivity index (χ1v) is 8.44. The third-order valence-electron chi connectivity index (χ3n) is 3.47. The number of Topliss-reactive ketones (excluding diaryl/α,β-unsaturated/α-hetero) is 1. The average Bonchev–Trinajstić information content (AvgIpc) is 3.06. The molecule has 0 bridgehead atoms. The molecule has 2 aromatic rings. The van der Waals surface area contributed by atoms with Crippen LogP contribution in [-0.4, -0.2) is 36.8 Å². The van der Waals surface area contributed by atoms with E-state index in [1.54, 1.807) is 18.0 Å². The highest BCUT2D eigenvalue weighted by molar-refractivity contribution is 7.12. The van der Waals surface area contributed by atoms with Crippen molar-refractivity contribution in [2.45, 2.75) is 19.8 Å². The maximum Gasteiger partial charge on any atom is 0.222 e. The summed E-state index contributed by atoms with van der Waals surface area (Å²) >= 11 is 1.41. The van der Waals surface area contributed by atoms with Gasteiger partial charge in [0.2, 0.25) is 5.91 Å². The Balaban J connectivity index is 1.69. The Labute approximate surface area is 140 Å². The van der Waals surface area contributed by atoms with Crippen molar-refractivity contribution in [3.05, 3.63) is 52.2 Å². The van der Waals surface area contributed by atoms with Crippen molar-refractivity contribution in [1.29, 1.82) is 0 Å². The topological polar surface area (TPSA) is 46.6 Å². The molecule has 1 aromatic heterocycles. The summed E-state index contributed by atoms with van der Waals surface area (Å²) in [5.74, 6) is 0.791. The van der Waals surface area contributed by atoms with Crippen LogP contribution in [0.25, 0.3) is 0 Å². The van der Waals surface area contributed by atoms with Crippen molar-refractivity contribution in [2.75, 3.05) is 20.2 Å². The molecule has 4 nitrogen and oxygen atoms in total. The Morgan fingerprint density at radius 2 is 2.00 bits per heavy atom. The molecule has 5 heteroatoms. The maximum absolute atomic E-state index is 12.0. The molecular weight excluding hydrogens is 310 g/mol. The molecule has 0 aliphatic rings. The molecule has 23 heavy (non-hydrogen) atoms. The zero-order valence-corrected chi connectivity index (χ0v) is 14.3. The molecule has 0 spiro atoms. The van der Waals surface area contributed by atoms with Gasteiger partial charge in [0.25, 0.3) is 0 Å². The van der Waals surface area contributed by atoms with Crippen LogP contribution in [0.15, 0.2) is 41.8 Å². The summed E-state index contributed by atoms with van der Waals surface area (Å²) in [6, 6.07) is 11.4. The minimum Gasteiger partial charge on any atom is -0.492 e. The fourth-order valence-electron chi connectivity index (χ4n) is 2.10. The molecular formula is C18H21NO3S. The van der Waals surface area contributed by atoms with Gasteiger partial charge in [0.15, 0.2) is 5.78 Å². The van der Waals surface area contributed by atoms with Crippen LogP contribution in [0.3, 0.4) is 0 Å². The zero-order valence-electron chi connectivity index (χ0n) is 13.5. The number of ether oxygens (including phenoxy) is 1. The Bertz CT molecular complexity index is 652. The predicted octanol–water partition coefficient (Wildman–Crippen LogP) is 3.56. The summed E-state index contributed by atoms with van der Waals surface area (Å²) in [7, 11) is 1.73. The highest BCUT2D eigenvalue weighted by Crippen LogP contribution is 2.13. The van der Waals surface area contributed by atoms with Crippen LogP contribution in [0.2, 0.25) is 0 Å². The van der Waals surface area contributed by atoms with E-state index in [0.29, 0.717) is 18.0 Å². The lowest BCUT2D eigenvalue weighted by molar-refractivity contribution is -0.130. The first kappa shape index (κ1) is 17.2. The smallest absolute Gasteiger partial charge is 0.222 e. The van der Waals surface area contributed by atoms with E-state index in [1.807, 2.05) is 42.6 Å². The Hall–Kier alpha value is -2.14. The molecule has 0 fully saturated rings. The van der Waals surface area contributed by atoms with Crippen LogP contribution >= 0.6 is 11.3 Å². The number of benzene rings is 1. The van der Waals surface area contributed by atoms with Crippen molar-refractivity contribution in [2.24, 2.45) is 0 Å². The fourth-order valence-corrected chi connectivity index (χ4v) is 2.80. The number of thiophene rings is 1. The third kappa shape index (κ3) is 5.53. The van der Waals surface area contributed by atoms with E-state index in [9.17, 15) is 9.59 Å². The van der Waals surface area contributed by atoms with E-state index in [2.05, 4.69) is 0 Å². The van der Waals surface area contributed by atoms with Gasteiger partial charge >= 0.3 is 0 Å². The van der Waals surface area contributed by atoms with E-state index >= 15 is 0 Å². The number of hydrogen-bond acceptors (Lipinski definition) is 4. The zero-order chi connectivity index (χ0) is 16.7. The number of carbonyl (C=O) groups is 2. The standard InChI is InChI=1S/C18H21NO3S/c1-14-5-3-6-15(13-14)22-11-10-19(2)18(21)9-8-16(20)17-7-4-12-23-17/h3-7,12-13H,8-11H2,1-2H3. The quantitative estimate of drug-likeness (QED) is 0.695.